The first-order valence-corrected chi connectivity index (χ1v) is 9.89. The number of aliphatic hydroxyl groups is 1. The summed E-state index contributed by atoms with van der Waals surface area (Å²) in [5.41, 5.74) is 2.88. The molecule has 0 aliphatic carbocycles. The Hall–Kier alpha value is -2.96. The summed E-state index contributed by atoms with van der Waals surface area (Å²) in [6.45, 7) is 2.25. The molecule has 0 aliphatic rings. The van der Waals surface area contributed by atoms with Gasteiger partial charge in [0.05, 0.1) is 18.3 Å². The number of hydrogen-bond acceptors (Lipinski definition) is 5. The minimum Gasteiger partial charge on any atom is -0.491 e. The van der Waals surface area contributed by atoms with E-state index in [-0.39, 0.29) is 18.7 Å². The van der Waals surface area contributed by atoms with Crippen molar-refractivity contribution in [1.82, 2.24) is 9.55 Å². The number of aryl methyl sites for hydroxylation is 1. The van der Waals surface area contributed by atoms with E-state index in [1.165, 1.54) is 27.8 Å². The van der Waals surface area contributed by atoms with Gasteiger partial charge in [0.1, 0.15) is 23.3 Å². The maximum atomic E-state index is 13.0. The summed E-state index contributed by atoms with van der Waals surface area (Å²) in [6.07, 6.45) is 0.671. The Labute approximate surface area is 166 Å². The van der Waals surface area contributed by atoms with Gasteiger partial charge in [0.2, 0.25) is 0 Å². The highest BCUT2D eigenvalue weighted by Gasteiger charge is 2.15. The van der Waals surface area contributed by atoms with Gasteiger partial charge in [-0.25, -0.2) is 4.98 Å². The van der Waals surface area contributed by atoms with Crippen LogP contribution in [0.25, 0.3) is 21.3 Å². The molecular weight excluding hydrogens is 372 g/mol. The van der Waals surface area contributed by atoms with Crippen molar-refractivity contribution in [2.24, 2.45) is 0 Å². The van der Waals surface area contributed by atoms with Crippen molar-refractivity contribution < 1.29 is 9.84 Å². The van der Waals surface area contributed by atoms with Crippen molar-refractivity contribution in [3.05, 3.63) is 82.2 Å². The zero-order valence-corrected chi connectivity index (χ0v) is 16.2. The van der Waals surface area contributed by atoms with Gasteiger partial charge in [-0.2, -0.15) is 0 Å². The van der Waals surface area contributed by atoms with Gasteiger partial charge in [-0.05, 0) is 24.6 Å². The number of nitrogens with zero attached hydrogens (tertiary/aromatic N) is 2. The Morgan fingerprint density at radius 1 is 1.14 bits per heavy atom. The van der Waals surface area contributed by atoms with E-state index in [1.54, 1.807) is 0 Å². The molecule has 0 amide bonds. The van der Waals surface area contributed by atoms with Crippen molar-refractivity contribution in [2.75, 3.05) is 6.61 Å². The molecule has 0 spiro atoms. The van der Waals surface area contributed by atoms with Gasteiger partial charge < -0.3 is 9.84 Å². The first kappa shape index (κ1) is 18.4. The second-order valence-corrected chi connectivity index (χ2v) is 7.53. The smallest absolute Gasteiger partial charge is 0.262 e. The first-order chi connectivity index (χ1) is 13.6. The molecule has 5 nitrogen and oxygen atoms in total. The highest BCUT2D eigenvalue weighted by atomic mass is 32.1. The van der Waals surface area contributed by atoms with Crippen molar-refractivity contribution in [1.29, 1.82) is 0 Å². The lowest BCUT2D eigenvalue weighted by Crippen LogP contribution is -2.30. The molecule has 6 heteroatoms. The monoisotopic (exact) mass is 392 g/mol. The quantitative estimate of drug-likeness (QED) is 0.541. The molecule has 2 aromatic carbocycles. The Morgan fingerprint density at radius 2 is 1.89 bits per heavy atom. The van der Waals surface area contributed by atoms with E-state index in [1.807, 2.05) is 66.9 Å². The normalized spacial score (nSPS) is 12.2. The van der Waals surface area contributed by atoms with Crippen molar-refractivity contribution in [2.45, 2.75) is 19.6 Å². The number of benzene rings is 2. The third-order valence-electron chi connectivity index (χ3n) is 4.52. The summed E-state index contributed by atoms with van der Waals surface area (Å²) in [7, 11) is 0. The van der Waals surface area contributed by atoms with Gasteiger partial charge in [-0.1, -0.05) is 48.0 Å². The fraction of sp³-hybridized carbons (Fsp3) is 0.182. The van der Waals surface area contributed by atoms with Crippen LogP contribution in [0.15, 0.2) is 71.1 Å². The van der Waals surface area contributed by atoms with E-state index in [2.05, 4.69) is 4.98 Å². The molecule has 2 aromatic heterocycles. The van der Waals surface area contributed by atoms with E-state index in [9.17, 15) is 9.90 Å². The first-order valence-electron chi connectivity index (χ1n) is 9.01. The van der Waals surface area contributed by atoms with Gasteiger partial charge in [-0.15, -0.1) is 11.3 Å². The summed E-state index contributed by atoms with van der Waals surface area (Å²) in [5, 5.41) is 12.9. The molecule has 0 saturated heterocycles. The fourth-order valence-electron chi connectivity index (χ4n) is 3.03. The van der Waals surface area contributed by atoms with Crippen LogP contribution < -0.4 is 10.3 Å². The molecule has 0 unspecified atom stereocenters. The molecule has 1 N–H and O–H groups in total. The molecule has 4 rings (SSSR count). The van der Waals surface area contributed by atoms with E-state index >= 15 is 0 Å². The summed E-state index contributed by atoms with van der Waals surface area (Å²) in [6, 6.07) is 17.4. The van der Waals surface area contributed by atoms with Crippen LogP contribution in [0.3, 0.4) is 0 Å². The third kappa shape index (κ3) is 3.83. The maximum absolute atomic E-state index is 13.0. The minimum absolute atomic E-state index is 0.100. The minimum atomic E-state index is -0.821. The van der Waals surface area contributed by atoms with E-state index in [4.69, 9.17) is 4.74 Å². The zero-order chi connectivity index (χ0) is 19.5. The second-order valence-electron chi connectivity index (χ2n) is 6.68. The Bertz CT molecular complexity index is 1130. The Morgan fingerprint density at radius 3 is 2.64 bits per heavy atom. The molecule has 142 valence electrons. The number of thiophene rings is 1. The molecule has 0 aliphatic heterocycles. The van der Waals surface area contributed by atoms with Gasteiger partial charge >= 0.3 is 0 Å². The zero-order valence-electron chi connectivity index (χ0n) is 15.4. The summed E-state index contributed by atoms with van der Waals surface area (Å²) >= 11 is 1.45. The molecule has 0 radical (unpaired) electrons. The van der Waals surface area contributed by atoms with Crippen LogP contribution in [0.2, 0.25) is 0 Å². The largest absolute Gasteiger partial charge is 0.491 e. The Kier molecular flexibility index (Phi) is 5.23. The molecule has 0 fully saturated rings. The lowest BCUT2D eigenvalue weighted by atomic mass is 10.1. The van der Waals surface area contributed by atoms with Crippen LogP contribution in [0.1, 0.15) is 5.56 Å². The lowest BCUT2D eigenvalue weighted by Gasteiger charge is -2.14. The standard InChI is InChI=1S/C22H20N2O3S/c1-15-7-9-16(10-8-15)19-13-28-21-20(19)22(26)24(14-23-21)11-17(25)12-27-18-5-3-2-4-6-18/h2-10,13-14,17,25H,11-12H2,1H3/t17-/m1/s1. The predicted octanol–water partition coefficient (Wildman–Crippen LogP) is 3.87. The van der Waals surface area contributed by atoms with Gasteiger partial charge in [0.25, 0.3) is 5.56 Å². The molecule has 2 heterocycles. The lowest BCUT2D eigenvalue weighted by molar-refractivity contribution is 0.0915. The average molecular weight is 392 g/mol. The number of hydrogen-bond donors (Lipinski definition) is 1. The van der Waals surface area contributed by atoms with E-state index in [0.717, 1.165) is 11.1 Å². The number of ether oxygens (including phenoxy) is 1. The average Bonchev–Trinajstić information content (AvgIpc) is 3.15. The van der Waals surface area contributed by atoms with Crippen LogP contribution >= 0.6 is 11.3 Å². The van der Waals surface area contributed by atoms with Crippen molar-refractivity contribution in [3.8, 4) is 16.9 Å². The summed E-state index contributed by atoms with van der Waals surface area (Å²) in [5.74, 6) is 0.682. The molecular formula is C22H20N2O3S. The molecule has 1 atom stereocenters. The molecule has 28 heavy (non-hydrogen) atoms. The fourth-order valence-corrected chi connectivity index (χ4v) is 3.94. The van der Waals surface area contributed by atoms with Gasteiger partial charge in [0, 0.05) is 10.9 Å². The van der Waals surface area contributed by atoms with Crippen molar-refractivity contribution >= 4 is 21.6 Å². The topological polar surface area (TPSA) is 64.3 Å². The van der Waals surface area contributed by atoms with E-state index in [0.29, 0.717) is 16.0 Å². The predicted molar refractivity (Wildman–Crippen MR) is 112 cm³/mol. The van der Waals surface area contributed by atoms with Crippen LogP contribution in [0.4, 0.5) is 0 Å². The molecule has 4 aromatic rings. The number of fused-ring (bicyclic) bond motifs is 1. The van der Waals surface area contributed by atoms with Crippen LogP contribution in [-0.4, -0.2) is 27.4 Å². The number of aromatic nitrogens is 2. The summed E-state index contributed by atoms with van der Waals surface area (Å²) < 4.78 is 7.02. The van der Waals surface area contributed by atoms with Crippen LogP contribution in [-0.2, 0) is 6.54 Å². The molecule has 0 saturated carbocycles. The number of aliphatic hydroxyl groups excluding tert-OH is 1. The van der Waals surface area contributed by atoms with Crippen molar-refractivity contribution in [3.63, 3.8) is 0 Å². The maximum Gasteiger partial charge on any atom is 0.262 e. The van der Waals surface area contributed by atoms with Gasteiger partial charge in [-0.3, -0.25) is 9.36 Å². The number of para-hydroxylation sites is 1. The van der Waals surface area contributed by atoms with Crippen LogP contribution in [0, 0.1) is 6.92 Å². The van der Waals surface area contributed by atoms with Gasteiger partial charge in [0.15, 0.2) is 0 Å². The highest BCUT2D eigenvalue weighted by molar-refractivity contribution is 7.17. The number of rotatable bonds is 6. The Balaban J connectivity index is 1.58. The second kappa shape index (κ2) is 7.96. The summed E-state index contributed by atoms with van der Waals surface area (Å²) in [4.78, 5) is 18.1. The molecule has 0 bridgehead atoms. The van der Waals surface area contributed by atoms with E-state index < -0.39 is 6.10 Å². The highest BCUT2D eigenvalue weighted by Crippen LogP contribution is 2.30. The third-order valence-corrected chi connectivity index (χ3v) is 5.40. The SMILES string of the molecule is Cc1ccc(-c2csc3ncn(C[C@@H](O)COc4ccccc4)c(=O)c23)cc1. The van der Waals surface area contributed by atoms with Crippen LogP contribution in [0.5, 0.6) is 5.75 Å².